The summed E-state index contributed by atoms with van der Waals surface area (Å²) in [4.78, 5) is 10.2. The van der Waals surface area contributed by atoms with Crippen LogP contribution in [0.4, 0.5) is 5.69 Å². The zero-order valence-corrected chi connectivity index (χ0v) is 8.09. The van der Waals surface area contributed by atoms with Gasteiger partial charge in [-0.3, -0.25) is 10.1 Å². The molecule has 0 aliphatic heterocycles. The number of hydrogen-bond donors (Lipinski definition) is 1. The van der Waals surface area contributed by atoms with Crippen molar-refractivity contribution in [3.63, 3.8) is 0 Å². The summed E-state index contributed by atoms with van der Waals surface area (Å²) in [7, 11) is 0. The van der Waals surface area contributed by atoms with Gasteiger partial charge in [-0.15, -0.1) is 0 Å². The molecule has 0 saturated carbocycles. The molecule has 0 fully saturated rings. The van der Waals surface area contributed by atoms with Gasteiger partial charge in [0.2, 0.25) is 0 Å². The highest BCUT2D eigenvalue weighted by Gasteiger charge is 2.07. The number of benzene rings is 1. The normalized spacial score (nSPS) is 10.7. The van der Waals surface area contributed by atoms with Gasteiger partial charge in [0.25, 0.3) is 5.69 Å². The summed E-state index contributed by atoms with van der Waals surface area (Å²) >= 11 is 0. The lowest BCUT2D eigenvalue weighted by Gasteiger charge is -2.01. The highest BCUT2D eigenvalue weighted by molar-refractivity contribution is 5.82. The number of nitro groups is 1. The molecular weight excluding hydrogens is 194 g/mol. The van der Waals surface area contributed by atoms with Crippen LogP contribution in [-0.2, 0) is 6.54 Å². The molecule has 5 heteroatoms. The van der Waals surface area contributed by atoms with E-state index < -0.39 is 0 Å². The molecule has 2 rings (SSSR count). The van der Waals surface area contributed by atoms with E-state index in [-0.39, 0.29) is 10.6 Å². The quantitative estimate of drug-likeness (QED) is 0.609. The minimum Gasteiger partial charge on any atom is -0.346 e. The van der Waals surface area contributed by atoms with Crippen molar-refractivity contribution in [1.29, 1.82) is 0 Å². The Hall–Kier alpha value is -1.88. The summed E-state index contributed by atoms with van der Waals surface area (Å²) in [5, 5.41) is 11.4. The summed E-state index contributed by atoms with van der Waals surface area (Å²) in [5.41, 5.74) is 6.56. The van der Waals surface area contributed by atoms with Gasteiger partial charge in [-0.2, -0.15) is 0 Å². The van der Waals surface area contributed by atoms with Crippen molar-refractivity contribution < 1.29 is 4.92 Å². The van der Waals surface area contributed by atoms with E-state index in [1.807, 2.05) is 16.8 Å². The number of hydrogen-bond acceptors (Lipinski definition) is 3. The molecule has 1 heterocycles. The average Bonchev–Trinajstić information content (AvgIpc) is 2.61. The predicted molar refractivity (Wildman–Crippen MR) is 57.6 cm³/mol. The monoisotopic (exact) mass is 205 g/mol. The number of fused-ring (bicyclic) bond motifs is 1. The second-order valence-corrected chi connectivity index (χ2v) is 3.30. The summed E-state index contributed by atoms with van der Waals surface area (Å²) in [6.07, 6.45) is 1.89. The lowest BCUT2D eigenvalue weighted by Crippen LogP contribution is -2.08. The standard InChI is InChI=1S/C10H11N3O2/c11-4-6-12-5-3-8-7-9(13(14)15)1-2-10(8)12/h1-3,5,7H,4,6,11H2. The zero-order valence-electron chi connectivity index (χ0n) is 8.09. The fraction of sp³-hybridized carbons (Fsp3) is 0.200. The number of nitrogens with two attached hydrogens (primary N) is 1. The smallest absolute Gasteiger partial charge is 0.270 e. The third kappa shape index (κ3) is 1.69. The molecule has 5 nitrogen and oxygen atoms in total. The lowest BCUT2D eigenvalue weighted by molar-refractivity contribution is -0.384. The minimum absolute atomic E-state index is 0.119. The first-order valence-corrected chi connectivity index (χ1v) is 4.66. The van der Waals surface area contributed by atoms with Crippen molar-refractivity contribution >= 4 is 16.6 Å². The van der Waals surface area contributed by atoms with Gasteiger partial charge in [0, 0.05) is 42.3 Å². The molecule has 2 N–H and O–H groups in total. The summed E-state index contributed by atoms with van der Waals surface area (Å²) < 4.78 is 1.99. The Bertz CT molecular complexity index is 504. The van der Waals surface area contributed by atoms with Gasteiger partial charge in [-0.05, 0) is 12.1 Å². The van der Waals surface area contributed by atoms with Crippen LogP contribution < -0.4 is 5.73 Å². The van der Waals surface area contributed by atoms with E-state index in [0.717, 1.165) is 17.4 Å². The molecule has 1 aromatic heterocycles. The number of nitro benzene ring substituents is 1. The second-order valence-electron chi connectivity index (χ2n) is 3.30. The Morgan fingerprint density at radius 2 is 2.20 bits per heavy atom. The van der Waals surface area contributed by atoms with Crippen LogP contribution in [-0.4, -0.2) is 16.0 Å². The van der Waals surface area contributed by atoms with E-state index in [9.17, 15) is 10.1 Å². The second kappa shape index (κ2) is 3.70. The lowest BCUT2D eigenvalue weighted by atomic mass is 10.2. The van der Waals surface area contributed by atoms with Crippen molar-refractivity contribution in [3.05, 3.63) is 40.6 Å². The van der Waals surface area contributed by atoms with Gasteiger partial charge >= 0.3 is 0 Å². The number of rotatable bonds is 3. The first-order valence-electron chi connectivity index (χ1n) is 4.66. The third-order valence-electron chi connectivity index (χ3n) is 2.34. The predicted octanol–water partition coefficient (Wildman–Crippen LogP) is 1.51. The Labute approximate surface area is 86.3 Å². The molecule has 15 heavy (non-hydrogen) atoms. The van der Waals surface area contributed by atoms with Crippen LogP contribution >= 0.6 is 0 Å². The maximum absolute atomic E-state index is 10.6. The minimum atomic E-state index is -0.389. The van der Waals surface area contributed by atoms with E-state index in [0.29, 0.717) is 6.54 Å². The van der Waals surface area contributed by atoms with Crippen LogP contribution in [0.25, 0.3) is 10.9 Å². The van der Waals surface area contributed by atoms with Gasteiger partial charge in [0.15, 0.2) is 0 Å². The molecule has 1 aromatic carbocycles. The van der Waals surface area contributed by atoms with Crippen LogP contribution in [0.15, 0.2) is 30.5 Å². The zero-order chi connectivity index (χ0) is 10.8. The van der Waals surface area contributed by atoms with Crippen LogP contribution in [0.3, 0.4) is 0 Å². The van der Waals surface area contributed by atoms with Crippen LogP contribution in [0, 0.1) is 10.1 Å². The highest BCUT2D eigenvalue weighted by Crippen LogP contribution is 2.21. The van der Waals surface area contributed by atoms with Crippen molar-refractivity contribution in [1.82, 2.24) is 4.57 Å². The Kier molecular flexibility index (Phi) is 2.39. The molecule has 2 aromatic rings. The van der Waals surface area contributed by atoms with Crippen LogP contribution in [0.1, 0.15) is 0 Å². The van der Waals surface area contributed by atoms with Crippen molar-refractivity contribution in [2.75, 3.05) is 6.54 Å². The molecule has 0 amide bonds. The molecule has 0 spiro atoms. The summed E-state index contributed by atoms with van der Waals surface area (Å²) in [5.74, 6) is 0. The van der Waals surface area contributed by atoms with E-state index >= 15 is 0 Å². The number of non-ortho nitro benzene ring substituents is 1. The van der Waals surface area contributed by atoms with Gasteiger partial charge in [-0.1, -0.05) is 0 Å². The van der Waals surface area contributed by atoms with E-state index in [1.54, 1.807) is 12.1 Å². The number of aromatic nitrogens is 1. The first kappa shape index (κ1) is 9.67. The Morgan fingerprint density at radius 3 is 2.87 bits per heavy atom. The average molecular weight is 205 g/mol. The molecule has 78 valence electrons. The third-order valence-corrected chi connectivity index (χ3v) is 2.34. The van der Waals surface area contributed by atoms with Gasteiger partial charge in [0.05, 0.1) is 4.92 Å². The largest absolute Gasteiger partial charge is 0.346 e. The molecule has 0 saturated heterocycles. The van der Waals surface area contributed by atoms with Crippen molar-refractivity contribution in [3.8, 4) is 0 Å². The molecule has 0 atom stereocenters. The molecule has 0 radical (unpaired) electrons. The summed E-state index contributed by atoms with van der Waals surface area (Å²) in [6.45, 7) is 1.28. The Morgan fingerprint density at radius 1 is 1.40 bits per heavy atom. The van der Waals surface area contributed by atoms with Gasteiger partial charge < -0.3 is 10.3 Å². The van der Waals surface area contributed by atoms with Gasteiger partial charge in [0.1, 0.15) is 0 Å². The van der Waals surface area contributed by atoms with Crippen LogP contribution in [0.2, 0.25) is 0 Å². The van der Waals surface area contributed by atoms with Crippen molar-refractivity contribution in [2.24, 2.45) is 5.73 Å². The first-order chi connectivity index (χ1) is 7.22. The van der Waals surface area contributed by atoms with Crippen molar-refractivity contribution in [2.45, 2.75) is 6.54 Å². The maximum atomic E-state index is 10.6. The molecule has 0 aliphatic rings. The SMILES string of the molecule is NCCn1ccc2cc([N+](=O)[O-])ccc21. The fourth-order valence-electron chi connectivity index (χ4n) is 1.64. The highest BCUT2D eigenvalue weighted by atomic mass is 16.6. The molecular formula is C10H11N3O2. The maximum Gasteiger partial charge on any atom is 0.270 e. The van der Waals surface area contributed by atoms with Gasteiger partial charge in [-0.25, -0.2) is 0 Å². The van der Waals surface area contributed by atoms with E-state index in [2.05, 4.69) is 0 Å². The van der Waals surface area contributed by atoms with Crippen LogP contribution in [0.5, 0.6) is 0 Å². The fourth-order valence-corrected chi connectivity index (χ4v) is 1.64. The molecule has 0 bridgehead atoms. The van der Waals surface area contributed by atoms with E-state index in [4.69, 9.17) is 5.73 Å². The topological polar surface area (TPSA) is 74.1 Å². The molecule has 0 aliphatic carbocycles. The molecule has 0 unspecified atom stereocenters. The Balaban J connectivity index is 2.51. The summed E-state index contributed by atoms with van der Waals surface area (Å²) in [6, 6.07) is 6.69. The van der Waals surface area contributed by atoms with E-state index in [1.165, 1.54) is 6.07 Å². The number of nitrogens with zero attached hydrogens (tertiary/aromatic N) is 2.